The lowest BCUT2D eigenvalue weighted by atomic mass is 10.1. The molecule has 0 spiro atoms. The van der Waals surface area contributed by atoms with Crippen LogP contribution in [0.4, 0.5) is 5.69 Å². The summed E-state index contributed by atoms with van der Waals surface area (Å²) in [5.41, 5.74) is 7.38. The Kier molecular flexibility index (Phi) is 3.54. The summed E-state index contributed by atoms with van der Waals surface area (Å²) in [6.45, 7) is 6.14. The van der Waals surface area contributed by atoms with E-state index in [9.17, 15) is 5.11 Å². The van der Waals surface area contributed by atoms with Crippen LogP contribution in [0, 0.1) is 0 Å². The molecule has 0 aliphatic carbocycles. The van der Waals surface area contributed by atoms with E-state index in [4.69, 9.17) is 10.5 Å². The molecule has 1 unspecified atom stereocenters. The van der Waals surface area contributed by atoms with E-state index in [1.165, 1.54) is 0 Å². The van der Waals surface area contributed by atoms with Crippen molar-refractivity contribution in [1.29, 1.82) is 0 Å². The predicted octanol–water partition coefficient (Wildman–Crippen LogP) is 1.29. The van der Waals surface area contributed by atoms with Crippen molar-refractivity contribution in [3.05, 3.63) is 23.8 Å². The van der Waals surface area contributed by atoms with Gasteiger partial charge in [-0.3, -0.25) is 0 Å². The summed E-state index contributed by atoms with van der Waals surface area (Å²) in [4.78, 5) is 2.28. The van der Waals surface area contributed by atoms with Gasteiger partial charge in [0.15, 0.2) is 0 Å². The van der Waals surface area contributed by atoms with Crippen molar-refractivity contribution in [3.8, 4) is 5.75 Å². The second-order valence-electron chi connectivity index (χ2n) is 4.61. The number of benzene rings is 1. The molecule has 1 aromatic carbocycles. The number of aliphatic hydroxyl groups is 1. The van der Waals surface area contributed by atoms with E-state index in [2.05, 4.69) is 18.7 Å². The molecule has 0 fully saturated rings. The number of rotatable bonds is 3. The van der Waals surface area contributed by atoms with Crippen LogP contribution in [0.15, 0.2) is 18.2 Å². The minimum absolute atomic E-state index is 0.237. The summed E-state index contributed by atoms with van der Waals surface area (Å²) in [6.07, 6.45) is -0.601. The third kappa shape index (κ3) is 2.37. The van der Waals surface area contributed by atoms with E-state index in [1.54, 1.807) is 0 Å². The van der Waals surface area contributed by atoms with Gasteiger partial charge in [0.05, 0.1) is 18.3 Å². The Hall–Kier alpha value is -1.26. The number of hydrogen-bond donors (Lipinski definition) is 2. The standard InChI is InChI=1S/C13H20N2O2/c1-9(2)15-5-6-17-13-4-3-10(7-11(13)15)12(16)8-14/h3-4,7,9,12,16H,5-6,8,14H2,1-2H3. The first-order valence-corrected chi connectivity index (χ1v) is 6.05. The summed E-state index contributed by atoms with van der Waals surface area (Å²) in [7, 11) is 0. The second kappa shape index (κ2) is 4.94. The Bertz CT molecular complexity index is 393. The van der Waals surface area contributed by atoms with Gasteiger partial charge in [0.25, 0.3) is 0 Å². The maximum Gasteiger partial charge on any atom is 0.142 e. The minimum atomic E-state index is -0.601. The average molecular weight is 236 g/mol. The number of hydrogen-bond acceptors (Lipinski definition) is 4. The molecule has 2 rings (SSSR count). The van der Waals surface area contributed by atoms with Crippen LogP contribution in [0.25, 0.3) is 0 Å². The lowest BCUT2D eigenvalue weighted by Crippen LogP contribution is -2.38. The molecular weight excluding hydrogens is 216 g/mol. The smallest absolute Gasteiger partial charge is 0.142 e. The molecule has 1 heterocycles. The number of nitrogens with two attached hydrogens (primary N) is 1. The van der Waals surface area contributed by atoms with E-state index >= 15 is 0 Å². The maximum atomic E-state index is 9.77. The van der Waals surface area contributed by atoms with Crippen molar-refractivity contribution in [3.63, 3.8) is 0 Å². The fourth-order valence-corrected chi connectivity index (χ4v) is 2.14. The molecule has 0 saturated heterocycles. The summed E-state index contributed by atoms with van der Waals surface area (Å²) in [5.74, 6) is 0.887. The zero-order chi connectivity index (χ0) is 12.4. The first-order chi connectivity index (χ1) is 8.13. The van der Waals surface area contributed by atoms with Crippen molar-refractivity contribution in [2.24, 2.45) is 5.73 Å². The highest BCUT2D eigenvalue weighted by molar-refractivity contribution is 5.62. The van der Waals surface area contributed by atoms with Crippen molar-refractivity contribution in [2.45, 2.75) is 26.0 Å². The van der Waals surface area contributed by atoms with Crippen LogP contribution >= 0.6 is 0 Å². The number of ether oxygens (including phenoxy) is 1. The van der Waals surface area contributed by atoms with Crippen LogP contribution in [0.1, 0.15) is 25.5 Å². The number of fused-ring (bicyclic) bond motifs is 1. The highest BCUT2D eigenvalue weighted by atomic mass is 16.5. The maximum absolute atomic E-state index is 9.77. The van der Waals surface area contributed by atoms with Gasteiger partial charge in [0.2, 0.25) is 0 Å². The van der Waals surface area contributed by atoms with Crippen molar-refractivity contribution in [2.75, 3.05) is 24.6 Å². The summed E-state index contributed by atoms with van der Waals surface area (Å²) < 4.78 is 5.62. The van der Waals surface area contributed by atoms with Crippen molar-refractivity contribution in [1.82, 2.24) is 0 Å². The Balaban J connectivity index is 2.37. The van der Waals surface area contributed by atoms with Gasteiger partial charge in [0, 0.05) is 12.6 Å². The molecule has 1 aliphatic heterocycles. The lowest BCUT2D eigenvalue weighted by molar-refractivity contribution is 0.186. The summed E-state index contributed by atoms with van der Waals surface area (Å²) >= 11 is 0. The first-order valence-electron chi connectivity index (χ1n) is 6.05. The first kappa shape index (κ1) is 12.2. The van der Waals surface area contributed by atoms with Gasteiger partial charge in [-0.15, -0.1) is 0 Å². The van der Waals surface area contributed by atoms with Gasteiger partial charge in [-0.05, 0) is 31.5 Å². The number of aliphatic hydroxyl groups excluding tert-OH is 1. The molecule has 0 radical (unpaired) electrons. The molecule has 3 N–H and O–H groups in total. The molecule has 1 aromatic rings. The third-order valence-corrected chi connectivity index (χ3v) is 3.11. The quantitative estimate of drug-likeness (QED) is 0.830. The molecule has 0 aromatic heterocycles. The SMILES string of the molecule is CC(C)N1CCOc2ccc(C(O)CN)cc21. The zero-order valence-corrected chi connectivity index (χ0v) is 10.4. The van der Waals surface area contributed by atoms with Crippen molar-refractivity contribution >= 4 is 5.69 Å². The monoisotopic (exact) mass is 236 g/mol. The highest BCUT2D eigenvalue weighted by Crippen LogP contribution is 2.34. The second-order valence-corrected chi connectivity index (χ2v) is 4.61. The summed E-state index contributed by atoms with van der Waals surface area (Å²) in [5, 5.41) is 9.77. The summed E-state index contributed by atoms with van der Waals surface area (Å²) in [6, 6.07) is 6.19. The fraction of sp³-hybridized carbons (Fsp3) is 0.538. The van der Waals surface area contributed by atoms with E-state index in [-0.39, 0.29) is 6.54 Å². The van der Waals surface area contributed by atoms with Gasteiger partial charge in [-0.25, -0.2) is 0 Å². The largest absolute Gasteiger partial charge is 0.490 e. The number of anilines is 1. The molecule has 1 aliphatic rings. The Morgan fingerprint density at radius 3 is 2.88 bits per heavy atom. The predicted molar refractivity (Wildman–Crippen MR) is 68.4 cm³/mol. The van der Waals surface area contributed by atoms with Crippen LogP contribution in [0.2, 0.25) is 0 Å². The van der Waals surface area contributed by atoms with Gasteiger partial charge in [-0.1, -0.05) is 6.07 Å². The van der Waals surface area contributed by atoms with Crippen molar-refractivity contribution < 1.29 is 9.84 Å². The topological polar surface area (TPSA) is 58.7 Å². The molecule has 17 heavy (non-hydrogen) atoms. The molecule has 94 valence electrons. The zero-order valence-electron chi connectivity index (χ0n) is 10.4. The van der Waals surface area contributed by atoms with Crippen LogP contribution in [0.5, 0.6) is 5.75 Å². The van der Waals surface area contributed by atoms with Crippen LogP contribution in [-0.4, -0.2) is 30.8 Å². The van der Waals surface area contributed by atoms with E-state index in [0.717, 1.165) is 23.5 Å². The lowest BCUT2D eigenvalue weighted by Gasteiger charge is -2.35. The average Bonchev–Trinajstić information content (AvgIpc) is 2.36. The molecule has 4 nitrogen and oxygen atoms in total. The molecule has 1 atom stereocenters. The van der Waals surface area contributed by atoms with Gasteiger partial charge in [-0.2, -0.15) is 0 Å². The van der Waals surface area contributed by atoms with Crippen LogP contribution in [0.3, 0.4) is 0 Å². The fourth-order valence-electron chi connectivity index (χ4n) is 2.14. The number of nitrogens with zero attached hydrogens (tertiary/aromatic N) is 1. The Labute approximate surface area is 102 Å². The van der Waals surface area contributed by atoms with E-state index in [1.807, 2.05) is 18.2 Å². The van der Waals surface area contributed by atoms with E-state index in [0.29, 0.717) is 12.6 Å². The van der Waals surface area contributed by atoms with Gasteiger partial charge >= 0.3 is 0 Å². The van der Waals surface area contributed by atoms with Crippen LogP contribution in [-0.2, 0) is 0 Å². The normalized spacial score (nSPS) is 16.6. The Morgan fingerprint density at radius 2 is 2.24 bits per heavy atom. The third-order valence-electron chi connectivity index (χ3n) is 3.11. The molecule has 4 heteroatoms. The van der Waals surface area contributed by atoms with Crippen LogP contribution < -0.4 is 15.4 Å². The highest BCUT2D eigenvalue weighted by Gasteiger charge is 2.21. The van der Waals surface area contributed by atoms with E-state index < -0.39 is 6.10 Å². The van der Waals surface area contributed by atoms with Gasteiger partial charge in [0.1, 0.15) is 12.4 Å². The molecular formula is C13H20N2O2. The Morgan fingerprint density at radius 1 is 1.47 bits per heavy atom. The molecule has 0 amide bonds. The minimum Gasteiger partial charge on any atom is -0.490 e. The molecule has 0 saturated carbocycles. The molecule has 0 bridgehead atoms. The van der Waals surface area contributed by atoms with Gasteiger partial charge < -0.3 is 20.5 Å².